The summed E-state index contributed by atoms with van der Waals surface area (Å²) in [5.41, 5.74) is 0.105. The summed E-state index contributed by atoms with van der Waals surface area (Å²) in [7, 11) is 0. The smallest absolute Gasteiger partial charge is 0.278 e. The minimum absolute atomic E-state index is 0.0555. The summed E-state index contributed by atoms with van der Waals surface area (Å²) in [5, 5.41) is 10.8. The predicted molar refractivity (Wildman–Crippen MR) is 92.7 cm³/mol. The Morgan fingerprint density at radius 1 is 1.12 bits per heavy atom. The van der Waals surface area contributed by atoms with Gasteiger partial charge in [-0.15, -0.1) is 5.10 Å². The van der Waals surface area contributed by atoms with Gasteiger partial charge in [-0.25, -0.2) is 4.39 Å². The summed E-state index contributed by atoms with van der Waals surface area (Å²) in [6.45, 7) is 3.57. The molecular formula is C18H17FN4O2. The van der Waals surface area contributed by atoms with Crippen molar-refractivity contribution in [2.24, 2.45) is 5.92 Å². The number of hydrogen-bond donors (Lipinski definition) is 1. The molecule has 3 rings (SSSR count). The second-order valence-corrected chi connectivity index (χ2v) is 6.01. The van der Waals surface area contributed by atoms with Gasteiger partial charge in [0.15, 0.2) is 0 Å². The SMILES string of the molecule is CC(C)[C@@H](C(=O)Nc1ccccc1F)n1nnc2ccccc2c1=O. The van der Waals surface area contributed by atoms with Crippen molar-refractivity contribution in [2.45, 2.75) is 19.9 Å². The molecule has 1 amide bonds. The third-order valence-corrected chi connectivity index (χ3v) is 3.89. The fourth-order valence-electron chi connectivity index (χ4n) is 2.65. The van der Waals surface area contributed by atoms with E-state index in [1.54, 1.807) is 44.2 Å². The number of nitrogens with zero attached hydrogens (tertiary/aromatic N) is 3. The zero-order valence-electron chi connectivity index (χ0n) is 13.8. The summed E-state index contributed by atoms with van der Waals surface area (Å²) in [6.07, 6.45) is 0. The topological polar surface area (TPSA) is 76.9 Å². The zero-order chi connectivity index (χ0) is 18.0. The van der Waals surface area contributed by atoms with Crippen molar-refractivity contribution >= 4 is 22.5 Å². The van der Waals surface area contributed by atoms with E-state index in [2.05, 4.69) is 15.6 Å². The number of aromatic nitrogens is 3. The van der Waals surface area contributed by atoms with E-state index in [0.717, 1.165) is 4.68 Å². The van der Waals surface area contributed by atoms with Crippen molar-refractivity contribution < 1.29 is 9.18 Å². The third kappa shape index (κ3) is 3.26. The molecule has 0 unspecified atom stereocenters. The maximum atomic E-state index is 13.8. The summed E-state index contributed by atoms with van der Waals surface area (Å²) in [5.74, 6) is -1.32. The van der Waals surface area contributed by atoms with Crippen LogP contribution in [0.1, 0.15) is 19.9 Å². The number of halogens is 1. The Bertz CT molecular complexity index is 984. The van der Waals surface area contributed by atoms with Crippen LogP contribution in [0.5, 0.6) is 0 Å². The van der Waals surface area contributed by atoms with E-state index < -0.39 is 23.3 Å². The predicted octanol–water partition coefficient (Wildman–Crippen LogP) is 2.77. The van der Waals surface area contributed by atoms with E-state index in [1.165, 1.54) is 18.2 Å². The number of carbonyl (C=O) groups excluding carboxylic acids is 1. The molecule has 0 aliphatic carbocycles. The number of fused-ring (bicyclic) bond motifs is 1. The monoisotopic (exact) mass is 340 g/mol. The standard InChI is InChI=1S/C18H17FN4O2/c1-11(2)16(17(24)20-15-10-6-4-8-13(15)19)23-18(25)12-7-3-5-9-14(12)21-22-23/h3-11,16H,1-2H3,(H,20,24)/t16-/m0/s1. The van der Waals surface area contributed by atoms with Crippen LogP contribution in [-0.2, 0) is 4.79 Å². The number of hydrogen-bond acceptors (Lipinski definition) is 4. The highest BCUT2D eigenvalue weighted by Crippen LogP contribution is 2.20. The van der Waals surface area contributed by atoms with E-state index >= 15 is 0 Å². The van der Waals surface area contributed by atoms with E-state index in [1.807, 2.05) is 0 Å². The molecular weight excluding hydrogens is 323 g/mol. The van der Waals surface area contributed by atoms with Gasteiger partial charge < -0.3 is 5.32 Å². The van der Waals surface area contributed by atoms with Crippen LogP contribution in [-0.4, -0.2) is 20.9 Å². The van der Waals surface area contributed by atoms with Crippen LogP contribution in [0, 0.1) is 11.7 Å². The number of benzene rings is 2. The summed E-state index contributed by atoms with van der Waals surface area (Å²) in [6, 6.07) is 11.7. The van der Waals surface area contributed by atoms with Crippen LogP contribution >= 0.6 is 0 Å². The third-order valence-electron chi connectivity index (χ3n) is 3.89. The average Bonchev–Trinajstić information content (AvgIpc) is 2.59. The summed E-state index contributed by atoms with van der Waals surface area (Å²) in [4.78, 5) is 25.4. The quantitative estimate of drug-likeness (QED) is 0.792. The molecule has 1 aromatic heterocycles. The lowest BCUT2D eigenvalue weighted by Gasteiger charge is -2.21. The number of para-hydroxylation sites is 1. The Labute approximate surface area is 143 Å². The molecule has 0 radical (unpaired) electrons. The first-order valence-corrected chi connectivity index (χ1v) is 7.88. The Hall–Kier alpha value is -3.09. The Kier molecular flexibility index (Phi) is 4.56. The molecule has 1 atom stereocenters. The second kappa shape index (κ2) is 6.80. The minimum Gasteiger partial charge on any atom is -0.322 e. The van der Waals surface area contributed by atoms with Gasteiger partial charge in [0.25, 0.3) is 5.56 Å². The Balaban J connectivity index is 2.02. The molecule has 0 bridgehead atoms. The van der Waals surface area contributed by atoms with Crippen molar-refractivity contribution in [3.63, 3.8) is 0 Å². The highest BCUT2D eigenvalue weighted by molar-refractivity contribution is 5.94. The molecule has 0 aliphatic heterocycles. The van der Waals surface area contributed by atoms with E-state index in [0.29, 0.717) is 10.9 Å². The van der Waals surface area contributed by atoms with Crippen molar-refractivity contribution in [1.82, 2.24) is 15.0 Å². The zero-order valence-corrected chi connectivity index (χ0v) is 13.8. The maximum Gasteiger partial charge on any atom is 0.278 e. The van der Waals surface area contributed by atoms with Gasteiger partial charge in [-0.3, -0.25) is 9.59 Å². The normalized spacial score (nSPS) is 12.3. The van der Waals surface area contributed by atoms with Crippen LogP contribution in [0.3, 0.4) is 0 Å². The maximum absolute atomic E-state index is 13.8. The molecule has 7 heteroatoms. The fraction of sp³-hybridized carbons (Fsp3) is 0.222. The van der Waals surface area contributed by atoms with Crippen molar-refractivity contribution in [2.75, 3.05) is 5.32 Å². The lowest BCUT2D eigenvalue weighted by Crippen LogP contribution is -2.38. The molecule has 25 heavy (non-hydrogen) atoms. The first-order chi connectivity index (χ1) is 12.0. The second-order valence-electron chi connectivity index (χ2n) is 6.01. The first kappa shape index (κ1) is 16.8. The molecule has 0 fully saturated rings. The molecule has 1 N–H and O–H groups in total. The fourth-order valence-corrected chi connectivity index (χ4v) is 2.65. The average molecular weight is 340 g/mol. The van der Waals surface area contributed by atoms with E-state index in [-0.39, 0.29) is 11.6 Å². The lowest BCUT2D eigenvalue weighted by molar-refractivity contribution is -0.120. The number of nitrogens with one attached hydrogen (secondary N) is 1. The molecule has 2 aromatic carbocycles. The molecule has 0 spiro atoms. The Morgan fingerprint density at radius 2 is 1.80 bits per heavy atom. The van der Waals surface area contributed by atoms with Gasteiger partial charge in [0.1, 0.15) is 17.4 Å². The molecule has 1 heterocycles. The van der Waals surface area contributed by atoms with Crippen LogP contribution in [0.15, 0.2) is 53.3 Å². The molecule has 6 nitrogen and oxygen atoms in total. The largest absolute Gasteiger partial charge is 0.322 e. The summed E-state index contributed by atoms with van der Waals surface area (Å²) >= 11 is 0. The highest BCUT2D eigenvalue weighted by atomic mass is 19.1. The van der Waals surface area contributed by atoms with Gasteiger partial charge >= 0.3 is 0 Å². The van der Waals surface area contributed by atoms with Crippen LogP contribution < -0.4 is 10.9 Å². The van der Waals surface area contributed by atoms with Crippen LogP contribution in [0.4, 0.5) is 10.1 Å². The van der Waals surface area contributed by atoms with E-state index in [9.17, 15) is 14.0 Å². The number of amides is 1. The molecule has 128 valence electrons. The lowest BCUT2D eigenvalue weighted by atomic mass is 10.0. The van der Waals surface area contributed by atoms with E-state index in [4.69, 9.17) is 0 Å². The Morgan fingerprint density at radius 3 is 2.52 bits per heavy atom. The first-order valence-electron chi connectivity index (χ1n) is 7.88. The van der Waals surface area contributed by atoms with Crippen LogP contribution in [0.25, 0.3) is 10.9 Å². The van der Waals surface area contributed by atoms with Crippen LogP contribution in [0.2, 0.25) is 0 Å². The van der Waals surface area contributed by atoms with Gasteiger partial charge in [-0.2, -0.15) is 4.68 Å². The number of anilines is 1. The molecule has 0 saturated carbocycles. The van der Waals surface area contributed by atoms with Crippen molar-refractivity contribution in [1.29, 1.82) is 0 Å². The minimum atomic E-state index is -0.913. The number of carbonyl (C=O) groups is 1. The van der Waals surface area contributed by atoms with Crippen molar-refractivity contribution in [3.8, 4) is 0 Å². The molecule has 0 aliphatic rings. The van der Waals surface area contributed by atoms with Crippen molar-refractivity contribution in [3.05, 3.63) is 64.7 Å². The van der Waals surface area contributed by atoms with Gasteiger partial charge in [0.05, 0.1) is 11.1 Å². The van der Waals surface area contributed by atoms with Gasteiger partial charge in [0, 0.05) is 0 Å². The number of rotatable bonds is 4. The summed E-state index contributed by atoms with van der Waals surface area (Å²) < 4.78 is 14.9. The van der Waals surface area contributed by atoms with Gasteiger partial charge in [-0.05, 0) is 30.2 Å². The highest BCUT2D eigenvalue weighted by Gasteiger charge is 2.28. The van der Waals surface area contributed by atoms with Gasteiger partial charge in [0.2, 0.25) is 5.91 Å². The molecule has 0 saturated heterocycles. The molecule has 3 aromatic rings. The van der Waals surface area contributed by atoms with Gasteiger partial charge in [-0.1, -0.05) is 43.3 Å².